The molecule has 1 aliphatic rings. The van der Waals surface area contributed by atoms with Crippen LogP contribution in [0.2, 0.25) is 0 Å². The van der Waals surface area contributed by atoms with Gasteiger partial charge in [0.05, 0.1) is 5.84 Å². The lowest BCUT2D eigenvalue weighted by Gasteiger charge is -2.29. The summed E-state index contributed by atoms with van der Waals surface area (Å²) in [5, 5.41) is 7.57. The highest BCUT2D eigenvalue weighted by atomic mass is 15.2. The van der Waals surface area contributed by atoms with Crippen molar-refractivity contribution in [1.82, 2.24) is 9.80 Å². The van der Waals surface area contributed by atoms with Gasteiger partial charge in [-0.1, -0.05) is 13.8 Å². The zero-order valence-corrected chi connectivity index (χ0v) is 12.5. The van der Waals surface area contributed by atoms with Crippen LogP contribution >= 0.6 is 0 Å². The van der Waals surface area contributed by atoms with Gasteiger partial charge in [0.25, 0.3) is 0 Å². The first-order chi connectivity index (χ1) is 8.33. The number of hydrogen-bond donors (Lipinski definition) is 2. The normalized spacial score (nSPS) is 21.7. The lowest BCUT2D eigenvalue weighted by molar-refractivity contribution is 0.200. The second-order valence-corrected chi connectivity index (χ2v) is 6.50. The van der Waals surface area contributed by atoms with Crippen LogP contribution in [0.3, 0.4) is 0 Å². The fourth-order valence-electron chi connectivity index (χ4n) is 2.68. The van der Waals surface area contributed by atoms with Crippen molar-refractivity contribution in [2.24, 2.45) is 11.1 Å². The third kappa shape index (κ3) is 4.58. The highest BCUT2D eigenvalue weighted by Gasteiger charge is 2.26. The molecule has 0 aromatic heterocycles. The minimum Gasteiger partial charge on any atom is -0.387 e. The minimum atomic E-state index is -0.142. The SMILES string of the molecule is CN(C)CC1CCCN1CCCC(C)(C)C(=N)N. The Labute approximate surface area is 112 Å². The van der Waals surface area contributed by atoms with Crippen LogP contribution < -0.4 is 5.73 Å². The van der Waals surface area contributed by atoms with Gasteiger partial charge in [0.2, 0.25) is 0 Å². The molecule has 4 nitrogen and oxygen atoms in total. The molecule has 1 fully saturated rings. The summed E-state index contributed by atoms with van der Waals surface area (Å²) >= 11 is 0. The van der Waals surface area contributed by atoms with Crippen LogP contribution in [0.4, 0.5) is 0 Å². The molecule has 0 aromatic carbocycles. The van der Waals surface area contributed by atoms with Gasteiger partial charge in [-0.05, 0) is 52.9 Å². The van der Waals surface area contributed by atoms with Gasteiger partial charge < -0.3 is 10.6 Å². The highest BCUT2D eigenvalue weighted by Crippen LogP contribution is 2.24. The molecule has 0 bridgehead atoms. The number of hydrogen-bond acceptors (Lipinski definition) is 3. The Balaban J connectivity index is 2.32. The number of nitrogens with two attached hydrogens (primary N) is 1. The molecule has 0 amide bonds. The predicted octanol–water partition coefficient (Wildman–Crippen LogP) is 1.75. The van der Waals surface area contributed by atoms with Crippen molar-refractivity contribution in [3.05, 3.63) is 0 Å². The third-order valence-corrected chi connectivity index (χ3v) is 4.05. The number of amidine groups is 1. The maximum absolute atomic E-state index is 7.57. The van der Waals surface area contributed by atoms with Crippen molar-refractivity contribution in [3.8, 4) is 0 Å². The molecule has 1 aliphatic heterocycles. The Morgan fingerprint density at radius 2 is 2.11 bits per heavy atom. The van der Waals surface area contributed by atoms with Crippen molar-refractivity contribution in [3.63, 3.8) is 0 Å². The molecule has 3 N–H and O–H groups in total. The molecule has 0 aliphatic carbocycles. The number of likely N-dealkylation sites (tertiary alicyclic amines) is 1. The zero-order chi connectivity index (χ0) is 13.8. The number of rotatable bonds is 7. The topological polar surface area (TPSA) is 56.4 Å². The summed E-state index contributed by atoms with van der Waals surface area (Å²) in [6, 6.07) is 0.723. The van der Waals surface area contributed by atoms with E-state index < -0.39 is 0 Å². The maximum atomic E-state index is 7.57. The van der Waals surface area contributed by atoms with E-state index in [1.165, 1.54) is 19.4 Å². The average Bonchev–Trinajstić information content (AvgIpc) is 2.64. The van der Waals surface area contributed by atoms with Crippen LogP contribution in [0.25, 0.3) is 0 Å². The first-order valence-electron chi connectivity index (χ1n) is 7.06. The third-order valence-electron chi connectivity index (χ3n) is 4.05. The molecule has 1 saturated heterocycles. The summed E-state index contributed by atoms with van der Waals surface area (Å²) in [4.78, 5) is 4.89. The van der Waals surface area contributed by atoms with Gasteiger partial charge in [-0.3, -0.25) is 10.3 Å². The Morgan fingerprint density at radius 3 is 2.67 bits per heavy atom. The van der Waals surface area contributed by atoms with E-state index in [1.54, 1.807) is 0 Å². The van der Waals surface area contributed by atoms with Crippen LogP contribution in [0.1, 0.15) is 39.5 Å². The van der Waals surface area contributed by atoms with Gasteiger partial charge in [0.1, 0.15) is 0 Å². The molecule has 1 unspecified atom stereocenters. The summed E-state index contributed by atoms with van der Waals surface area (Å²) in [7, 11) is 4.30. The minimum absolute atomic E-state index is 0.142. The Hall–Kier alpha value is -0.610. The Kier molecular flexibility index (Phi) is 5.60. The summed E-state index contributed by atoms with van der Waals surface area (Å²) in [6.45, 7) is 7.68. The van der Waals surface area contributed by atoms with Crippen LogP contribution in [0, 0.1) is 10.8 Å². The van der Waals surface area contributed by atoms with Crippen LogP contribution in [-0.2, 0) is 0 Å². The van der Waals surface area contributed by atoms with E-state index in [4.69, 9.17) is 11.1 Å². The van der Waals surface area contributed by atoms with Gasteiger partial charge in [-0.25, -0.2) is 0 Å². The molecule has 0 aromatic rings. The van der Waals surface area contributed by atoms with Gasteiger partial charge in [0.15, 0.2) is 0 Å². The summed E-state index contributed by atoms with van der Waals surface area (Å²) in [5.41, 5.74) is 5.48. The van der Waals surface area contributed by atoms with E-state index in [0.29, 0.717) is 5.84 Å². The fourth-order valence-corrected chi connectivity index (χ4v) is 2.68. The van der Waals surface area contributed by atoms with E-state index in [0.717, 1.165) is 32.0 Å². The summed E-state index contributed by atoms with van der Waals surface area (Å²) in [6.07, 6.45) is 4.80. The largest absolute Gasteiger partial charge is 0.387 e. The molecule has 4 heteroatoms. The van der Waals surface area contributed by atoms with Crippen molar-refractivity contribution < 1.29 is 0 Å². The van der Waals surface area contributed by atoms with Gasteiger partial charge in [-0.2, -0.15) is 0 Å². The standard InChI is InChI=1S/C14H30N4/c1-14(2,13(15)16)8-6-10-18-9-5-7-12(18)11-17(3)4/h12H,5-11H2,1-4H3,(H3,15,16). The first kappa shape index (κ1) is 15.4. The average molecular weight is 254 g/mol. The predicted molar refractivity (Wildman–Crippen MR) is 78.1 cm³/mol. The maximum Gasteiger partial charge on any atom is 0.0963 e. The molecular formula is C14H30N4. The van der Waals surface area contributed by atoms with E-state index in [-0.39, 0.29) is 5.41 Å². The van der Waals surface area contributed by atoms with Gasteiger partial charge in [-0.15, -0.1) is 0 Å². The molecule has 0 saturated carbocycles. The number of nitrogens with one attached hydrogen (secondary N) is 1. The number of likely N-dealkylation sites (N-methyl/N-ethyl adjacent to an activating group) is 1. The van der Waals surface area contributed by atoms with Gasteiger partial charge >= 0.3 is 0 Å². The quantitative estimate of drug-likeness (QED) is 0.537. The summed E-state index contributed by atoms with van der Waals surface area (Å²) < 4.78 is 0. The molecule has 1 rings (SSSR count). The van der Waals surface area contributed by atoms with E-state index in [9.17, 15) is 0 Å². The van der Waals surface area contributed by atoms with Crippen molar-refractivity contribution in [2.45, 2.75) is 45.6 Å². The van der Waals surface area contributed by atoms with Crippen LogP contribution in [0.5, 0.6) is 0 Å². The summed E-state index contributed by atoms with van der Waals surface area (Å²) in [5.74, 6) is 0.314. The second-order valence-electron chi connectivity index (χ2n) is 6.50. The smallest absolute Gasteiger partial charge is 0.0963 e. The van der Waals surface area contributed by atoms with E-state index >= 15 is 0 Å². The van der Waals surface area contributed by atoms with Crippen LogP contribution in [0.15, 0.2) is 0 Å². The van der Waals surface area contributed by atoms with Crippen molar-refractivity contribution in [1.29, 1.82) is 5.41 Å². The molecule has 1 atom stereocenters. The Morgan fingerprint density at radius 1 is 1.44 bits per heavy atom. The number of nitrogens with zero attached hydrogens (tertiary/aromatic N) is 2. The van der Waals surface area contributed by atoms with Gasteiger partial charge in [0, 0.05) is 18.0 Å². The van der Waals surface area contributed by atoms with E-state index in [2.05, 4.69) is 37.7 Å². The first-order valence-corrected chi connectivity index (χ1v) is 7.06. The lowest BCUT2D eigenvalue weighted by atomic mass is 9.86. The van der Waals surface area contributed by atoms with Crippen molar-refractivity contribution in [2.75, 3.05) is 33.7 Å². The molecular weight excluding hydrogens is 224 g/mol. The van der Waals surface area contributed by atoms with E-state index in [1.807, 2.05) is 0 Å². The fraction of sp³-hybridized carbons (Fsp3) is 0.929. The molecule has 18 heavy (non-hydrogen) atoms. The van der Waals surface area contributed by atoms with Crippen molar-refractivity contribution >= 4 is 5.84 Å². The lowest BCUT2D eigenvalue weighted by Crippen LogP contribution is -2.38. The molecule has 106 valence electrons. The van der Waals surface area contributed by atoms with Crippen LogP contribution in [-0.4, -0.2) is 55.4 Å². The zero-order valence-electron chi connectivity index (χ0n) is 12.5. The second kappa shape index (κ2) is 6.53. The molecule has 0 spiro atoms. The molecule has 0 radical (unpaired) electrons. The Bertz CT molecular complexity index is 273. The monoisotopic (exact) mass is 254 g/mol. The molecule has 1 heterocycles. The highest BCUT2D eigenvalue weighted by molar-refractivity contribution is 5.82.